The first-order valence-electron chi connectivity index (χ1n) is 5.32. The molecule has 0 unspecified atom stereocenters. The molecule has 0 bridgehead atoms. The fourth-order valence-corrected chi connectivity index (χ4v) is 1.81. The molecule has 2 aromatic rings. The second-order valence-electron chi connectivity index (χ2n) is 3.44. The number of benzene rings is 1. The van der Waals surface area contributed by atoms with E-state index in [1.807, 2.05) is 0 Å². The molecule has 0 aliphatic rings. The van der Waals surface area contributed by atoms with Gasteiger partial charge in [0, 0.05) is 18.5 Å². The van der Waals surface area contributed by atoms with E-state index in [0.717, 1.165) is 0 Å². The van der Waals surface area contributed by atoms with Gasteiger partial charge in [0.05, 0.1) is 11.4 Å². The minimum atomic E-state index is -0.396. The molecule has 0 atom stereocenters. The Morgan fingerprint density at radius 1 is 1.58 bits per heavy atom. The van der Waals surface area contributed by atoms with Gasteiger partial charge in [0.15, 0.2) is 11.4 Å². The summed E-state index contributed by atoms with van der Waals surface area (Å²) in [5.41, 5.74) is 1.04. The Morgan fingerprint density at radius 2 is 2.42 bits per heavy atom. The van der Waals surface area contributed by atoms with Crippen LogP contribution in [0.5, 0.6) is 0 Å². The summed E-state index contributed by atoms with van der Waals surface area (Å²) in [6.45, 7) is 0. The molecule has 0 radical (unpaired) electrons. The summed E-state index contributed by atoms with van der Waals surface area (Å²) in [4.78, 5) is 4.23. The van der Waals surface area contributed by atoms with Crippen molar-refractivity contribution >= 4 is 22.6 Å². The van der Waals surface area contributed by atoms with Crippen molar-refractivity contribution in [2.45, 2.75) is 0 Å². The van der Waals surface area contributed by atoms with Gasteiger partial charge in [-0.15, -0.1) is 0 Å². The molecule has 1 aromatic carbocycles. The Labute approximate surface area is 113 Å². The zero-order valence-corrected chi connectivity index (χ0v) is 10.9. The molecule has 0 aliphatic heterocycles. The lowest BCUT2D eigenvalue weighted by atomic mass is 10.2. The fourth-order valence-electron chi connectivity index (χ4n) is 1.47. The summed E-state index contributed by atoms with van der Waals surface area (Å²) in [5, 5.41) is 15.5. The molecule has 2 rings (SSSR count). The van der Waals surface area contributed by atoms with Gasteiger partial charge in [-0.25, -0.2) is 14.1 Å². The van der Waals surface area contributed by atoms with Crippen LogP contribution >= 0.6 is 11.8 Å². The Balaban J connectivity index is 2.50. The van der Waals surface area contributed by atoms with Gasteiger partial charge in [0.2, 0.25) is 0 Å². The topological polar surface area (TPSA) is 66.0 Å². The molecule has 0 saturated heterocycles. The third kappa shape index (κ3) is 3.11. The highest BCUT2D eigenvalue weighted by molar-refractivity contribution is 8.13. The molecule has 1 aromatic heterocycles. The van der Waals surface area contributed by atoms with E-state index in [1.165, 1.54) is 23.9 Å². The van der Waals surface area contributed by atoms with Crippen LogP contribution in [0.15, 0.2) is 41.7 Å². The van der Waals surface area contributed by atoms with Crippen LogP contribution in [0.3, 0.4) is 0 Å². The summed E-state index contributed by atoms with van der Waals surface area (Å²) in [5.74, 6) is -0.396. The first-order chi connectivity index (χ1) is 9.24. The van der Waals surface area contributed by atoms with Crippen LogP contribution < -0.4 is 5.32 Å². The van der Waals surface area contributed by atoms with E-state index in [4.69, 9.17) is 5.26 Å². The van der Waals surface area contributed by atoms with E-state index < -0.39 is 5.82 Å². The molecule has 0 aliphatic carbocycles. The highest BCUT2D eigenvalue weighted by Crippen LogP contribution is 2.24. The monoisotopic (exact) mass is 275 g/mol. The van der Waals surface area contributed by atoms with Crippen molar-refractivity contribution in [3.63, 3.8) is 0 Å². The first kappa shape index (κ1) is 13.1. The van der Waals surface area contributed by atoms with Crippen molar-refractivity contribution in [3.8, 4) is 11.9 Å². The zero-order valence-electron chi connectivity index (χ0n) is 10.0. The van der Waals surface area contributed by atoms with Crippen molar-refractivity contribution in [3.05, 3.63) is 42.5 Å². The number of nitriles is 1. The van der Waals surface area contributed by atoms with Crippen LogP contribution in [0.2, 0.25) is 0 Å². The van der Waals surface area contributed by atoms with Gasteiger partial charge >= 0.3 is 0 Å². The third-order valence-corrected chi connectivity index (χ3v) is 2.85. The standard InChI is InChI=1S/C12H10FN5S/c1-19-12(15-8-14)17-10-7-9(13)3-4-11(10)18-6-2-5-16-18/h2-7H,1H3,(H,15,17). The maximum Gasteiger partial charge on any atom is 0.183 e. The van der Waals surface area contributed by atoms with Crippen LogP contribution in [0.4, 0.5) is 10.1 Å². The largest absolute Gasteiger partial charge is 0.271 e. The molecule has 0 spiro atoms. The molecule has 0 saturated carbocycles. The van der Waals surface area contributed by atoms with Crippen molar-refractivity contribution in [2.24, 2.45) is 4.99 Å². The SMILES string of the molecule is CSC(=Nc1cc(F)ccc1-n1cccn1)NC#N. The molecule has 5 nitrogen and oxygen atoms in total. The normalized spacial score (nSPS) is 11.1. The maximum absolute atomic E-state index is 13.3. The fraction of sp³-hybridized carbons (Fsp3) is 0.0833. The smallest absolute Gasteiger partial charge is 0.183 e. The summed E-state index contributed by atoms with van der Waals surface area (Å²) in [6, 6.07) is 5.99. The van der Waals surface area contributed by atoms with Crippen molar-refractivity contribution < 1.29 is 4.39 Å². The predicted octanol–water partition coefficient (Wildman–Crippen LogP) is 2.43. The van der Waals surface area contributed by atoms with Gasteiger partial charge in [-0.05, 0) is 24.5 Å². The number of rotatable bonds is 2. The van der Waals surface area contributed by atoms with Gasteiger partial charge in [-0.2, -0.15) is 10.4 Å². The molecule has 0 amide bonds. The second-order valence-corrected chi connectivity index (χ2v) is 4.24. The van der Waals surface area contributed by atoms with Crippen LogP contribution in [0.25, 0.3) is 5.69 Å². The summed E-state index contributed by atoms with van der Waals surface area (Å²) < 4.78 is 14.9. The van der Waals surface area contributed by atoms with E-state index in [1.54, 1.807) is 41.7 Å². The van der Waals surface area contributed by atoms with Gasteiger partial charge in [0.25, 0.3) is 0 Å². The van der Waals surface area contributed by atoms with Crippen molar-refractivity contribution in [1.29, 1.82) is 5.26 Å². The lowest BCUT2D eigenvalue weighted by Crippen LogP contribution is -2.12. The number of nitrogens with zero attached hydrogens (tertiary/aromatic N) is 4. The molecule has 96 valence electrons. The van der Waals surface area contributed by atoms with Crippen molar-refractivity contribution in [1.82, 2.24) is 15.1 Å². The Morgan fingerprint density at radius 3 is 3.05 bits per heavy atom. The lowest BCUT2D eigenvalue weighted by molar-refractivity contribution is 0.627. The summed E-state index contributed by atoms with van der Waals surface area (Å²) in [7, 11) is 0. The van der Waals surface area contributed by atoms with E-state index in [-0.39, 0.29) is 0 Å². The molecular formula is C12H10FN5S. The molecule has 19 heavy (non-hydrogen) atoms. The summed E-state index contributed by atoms with van der Waals surface area (Å²) >= 11 is 1.27. The minimum Gasteiger partial charge on any atom is -0.271 e. The highest BCUT2D eigenvalue weighted by Gasteiger charge is 2.07. The quantitative estimate of drug-likeness (QED) is 0.395. The van der Waals surface area contributed by atoms with Gasteiger partial charge < -0.3 is 0 Å². The van der Waals surface area contributed by atoms with Crippen molar-refractivity contribution in [2.75, 3.05) is 6.26 Å². The number of hydrogen-bond donors (Lipinski definition) is 1. The number of hydrogen-bond acceptors (Lipinski definition) is 4. The average molecular weight is 275 g/mol. The van der Waals surface area contributed by atoms with Crippen LogP contribution in [0.1, 0.15) is 0 Å². The van der Waals surface area contributed by atoms with Gasteiger partial charge in [-0.1, -0.05) is 11.8 Å². The second kappa shape index (κ2) is 6.02. The number of amidine groups is 1. The predicted molar refractivity (Wildman–Crippen MR) is 72.9 cm³/mol. The molecule has 7 heteroatoms. The Kier molecular flexibility index (Phi) is 4.15. The highest BCUT2D eigenvalue weighted by atomic mass is 32.2. The van der Waals surface area contributed by atoms with Crippen LogP contribution in [0, 0.1) is 17.3 Å². The van der Waals surface area contributed by atoms with Gasteiger partial charge in [0.1, 0.15) is 5.82 Å². The molecule has 0 fully saturated rings. The van der Waals surface area contributed by atoms with E-state index in [9.17, 15) is 4.39 Å². The maximum atomic E-state index is 13.3. The number of aromatic nitrogens is 2. The Hall–Kier alpha value is -2.33. The molecule has 1 N–H and O–H groups in total. The number of aliphatic imine (C=N–C) groups is 1. The number of nitrogens with one attached hydrogen (secondary N) is 1. The average Bonchev–Trinajstić information content (AvgIpc) is 2.92. The summed E-state index contributed by atoms with van der Waals surface area (Å²) in [6.07, 6.45) is 6.93. The Bertz CT molecular complexity index is 630. The van der Waals surface area contributed by atoms with E-state index in [0.29, 0.717) is 16.5 Å². The third-order valence-electron chi connectivity index (χ3n) is 2.27. The first-order valence-corrected chi connectivity index (χ1v) is 6.54. The molecular weight excluding hydrogens is 265 g/mol. The number of halogens is 1. The van der Waals surface area contributed by atoms with Gasteiger partial charge in [-0.3, -0.25) is 5.32 Å². The lowest BCUT2D eigenvalue weighted by Gasteiger charge is -2.07. The van der Waals surface area contributed by atoms with E-state index in [2.05, 4.69) is 15.4 Å². The van der Waals surface area contributed by atoms with Crippen LogP contribution in [-0.4, -0.2) is 21.2 Å². The minimum absolute atomic E-state index is 0.390. The molecule has 1 heterocycles. The van der Waals surface area contributed by atoms with E-state index >= 15 is 0 Å². The van der Waals surface area contributed by atoms with Crippen LogP contribution in [-0.2, 0) is 0 Å². The zero-order chi connectivity index (χ0) is 13.7. The number of thioether (sulfide) groups is 1.